The van der Waals surface area contributed by atoms with Crippen molar-refractivity contribution < 1.29 is 9.21 Å². The molecule has 0 N–H and O–H groups in total. The summed E-state index contributed by atoms with van der Waals surface area (Å²) < 4.78 is 5.40. The molecule has 1 aromatic carbocycles. The van der Waals surface area contributed by atoms with Crippen LogP contribution in [0.15, 0.2) is 40.8 Å². The monoisotopic (exact) mass is 243 g/mol. The van der Waals surface area contributed by atoms with Gasteiger partial charge in [0.1, 0.15) is 5.76 Å². The standard InChI is InChI=1S/C15H17NO2/c1-3-16(13-6-4-12(2)5-7-13)10-14-8-9-15(11-17)18-14/h4-9,11H,3,10H2,1-2H3. The van der Waals surface area contributed by atoms with Gasteiger partial charge in [-0.2, -0.15) is 0 Å². The average molecular weight is 243 g/mol. The summed E-state index contributed by atoms with van der Waals surface area (Å²) in [5, 5.41) is 0. The smallest absolute Gasteiger partial charge is 0.185 e. The fourth-order valence-electron chi connectivity index (χ4n) is 1.87. The molecule has 0 spiro atoms. The lowest BCUT2D eigenvalue weighted by molar-refractivity contribution is 0.109. The predicted molar refractivity (Wildman–Crippen MR) is 72.0 cm³/mol. The number of carbonyl (C=O) groups excluding carboxylic acids is 1. The molecule has 0 fully saturated rings. The van der Waals surface area contributed by atoms with Crippen molar-refractivity contribution in [3.63, 3.8) is 0 Å². The third kappa shape index (κ3) is 2.80. The quantitative estimate of drug-likeness (QED) is 0.754. The van der Waals surface area contributed by atoms with Gasteiger partial charge in [-0.25, -0.2) is 0 Å². The van der Waals surface area contributed by atoms with Crippen molar-refractivity contribution >= 4 is 12.0 Å². The fraction of sp³-hybridized carbons (Fsp3) is 0.267. The van der Waals surface area contributed by atoms with E-state index in [1.54, 1.807) is 6.07 Å². The molecule has 2 rings (SSSR count). The molecule has 2 aromatic rings. The van der Waals surface area contributed by atoms with E-state index in [-0.39, 0.29) is 0 Å². The summed E-state index contributed by atoms with van der Waals surface area (Å²) in [6.07, 6.45) is 0.728. The van der Waals surface area contributed by atoms with Crippen LogP contribution in [0.2, 0.25) is 0 Å². The predicted octanol–water partition coefficient (Wildman–Crippen LogP) is 3.43. The van der Waals surface area contributed by atoms with E-state index in [1.807, 2.05) is 6.07 Å². The highest BCUT2D eigenvalue weighted by atomic mass is 16.3. The Morgan fingerprint density at radius 1 is 1.17 bits per heavy atom. The van der Waals surface area contributed by atoms with Gasteiger partial charge in [-0.15, -0.1) is 0 Å². The Balaban J connectivity index is 2.13. The Hall–Kier alpha value is -2.03. The highest BCUT2D eigenvalue weighted by molar-refractivity contribution is 5.70. The zero-order valence-corrected chi connectivity index (χ0v) is 10.7. The fourth-order valence-corrected chi connectivity index (χ4v) is 1.87. The minimum absolute atomic E-state index is 0.380. The lowest BCUT2D eigenvalue weighted by Gasteiger charge is -2.22. The van der Waals surface area contributed by atoms with E-state index in [2.05, 4.69) is 43.0 Å². The molecule has 0 atom stereocenters. The molecule has 0 bridgehead atoms. The normalized spacial score (nSPS) is 10.3. The molecule has 18 heavy (non-hydrogen) atoms. The number of carbonyl (C=O) groups is 1. The lowest BCUT2D eigenvalue weighted by Crippen LogP contribution is -2.21. The molecule has 3 heteroatoms. The van der Waals surface area contributed by atoms with E-state index in [1.165, 1.54) is 5.56 Å². The maximum Gasteiger partial charge on any atom is 0.185 e. The molecule has 3 nitrogen and oxygen atoms in total. The lowest BCUT2D eigenvalue weighted by atomic mass is 10.2. The number of aldehydes is 1. The second-order valence-electron chi connectivity index (χ2n) is 4.27. The third-order valence-electron chi connectivity index (χ3n) is 2.93. The summed E-state index contributed by atoms with van der Waals surface area (Å²) in [4.78, 5) is 12.8. The van der Waals surface area contributed by atoms with Crippen LogP contribution in [0.5, 0.6) is 0 Å². The number of nitrogens with zero attached hydrogens (tertiary/aromatic N) is 1. The summed E-state index contributed by atoms with van der Waals surface area (Å²) in [7, 11) is 0. The van der Waals surface area contributed by atoms with Crippen LogP contribution < -0.4 is 4.90 Å². The molecule has 0 amide bonds. The van der Waals surface area contributed by atoms with Crippen LogP contribution in [0.1, 0.15) is 28.8 Å². The summed E-state index contributed by atoms with van der Waals surface area (Å²) in [5.74, 6) is 1.18. The number of rotatable bonds is 5. The van der Waals surface area contributed by atoms with Crippen LogP contribution in [0.3, 0.4) is 0 Å². The summed E-state index contributed by atoms with van der Waals surface area (Å²) in [6, 6.07) is 11.9. The van der Waals surface area contributed by atoms with Crippen LogP contribution in [-0.4, -0.2) is 12.8 Å². The van der Waals surface area contributed by atoms with Crippen molar-refractivity contribution in [1.29, 1.82) is 0 Å². The van der Waals surface area contributed by atoms with Crippen molar-refractivity contribution in [2.75, 3.05) is 11.4 Å². The first-order valence-corrected chi connectivity index (χ1v) is 6.08. The van der Waals surface area contributed by atoms with E-state index in [9.17, 15) is 4.79 Å². The summed E-state index contributed by atoms with van der Waals surface area (Å²) in [6.45, 7) is 5.74. The van der Waals surface area contributed by atoms with Gasteiger partial charge in [0.2, 0.25) is 0 Å². The number of hydrogen-bond acceptors (Lipinski definition) is 3. The van der Waals surface area contributed by atoms with Crippen molar-refractivity contribution in [2.24, 2.45) is 0 Å². The highest BCUT2D eigenvalue weighted by Gasteiger charge is 2.08. The Labute approximate surface area is 107 Å². The minimum atomic E-state index is 0.380. The van der Waals surface area contributed by atoms with Crippen LogP contribution in [-0.2, 0) is 6.54 Å². The van der Waals surface area contributed by atoms with Crippen molar-refractivity contribution in [1.82, 2.24) is 0 Å². The number of benzene rings is 1. The Morgan fingerprint density at radius 3 is 2.44 bits per heavy atom. The molecule has 0 saturated heterocycles. The van der Waals surface area contributed by atoms with Crippen LogP contribution in [0.25, 0.3) is 0 Å². The molecule has 0 aliphatic rings. The zero-order chi connectivity index (χ0) is 13.0. The molecule has 0 aliphatic carbocycles. The van der Waals surface area contributed by atoms with Gasteiger partial charge in [0.05, 0.1) is 6.54 Å². The first-order chi connectivity index (χ1) is 8.72. The van der Waals surface area contributed by atoms with Crippen molar-refractivity contribution in [2.45, 2.75) is 20.4 Å². The number of hydrogen-bond donors (Lipinski definition) is 0. The van der Waals surface area contributed by atoms with Gasteiger partial charge in [-0.05, 0) is 38.1 Å². The molecule has 0 unspecified atom stereocenters. The molecule has 0 radical (unpaired) electrons. The largest absolute Gasteiger partial charge is 0.456 e. The Bertz CT molecular complexity index is 514. The van der Waals surface area contributed by atoms with Gasteiger partial charge in [-0.3, -0.25) is 4.79 Å². The Morgan fingerprint density at radius 2 is 1.89 bits per heavy atom. The summed E-state index contributed by atoms with van der Waals surface area (Å²) in [5.41, 5.74) is 2.41. The molecule has 0 saturated carbocycles. The van der Waals surface area contributed by atoms with Crippen LogP contribution >= 0.6 is 0 Å². The van der Waals surface area contributed by atoms with Crippen LogP contribution in [0, 0.1) is 6.92 Å². The maximum atomic E-state index is 10.6. The van der Waals surface area contributed by atoms with Crippen molar-refractivity contribution in [3.05, 3.63) is 53.5 Å². The molecule has 1 heterocycles. The topological polar surface area (TPSA) is 33.5 Å². The molecule has 0 aliphatic heterocycles. The average Bonchev–Trinajstić information content (AvgIpc) is 2.85. The number of anilines is 1. The van der Waals surface area contributed by atoms with Gasteiger partial charge >= 0.3 is 0 Å². The van der Waals surface area contributed by atoms with Gasteiger partial charge < -0.3 is 9.32 Å². The summed E-state index contributed by atoms with van der Waals surface area (Å²) >= 11 is 0. The molecule has 94 valence electrons. The maximum absolute atomic E-state index is 10.6. The van der Waals surface area contributed by atoms with E-state index in [0.717, 1.165) is 24.3 Å². The third-order valence-corrected chi connectivity index (χ3v) is 2.93. The first-order valence-electron chi connectivity index (χ1n) is 6.08. The van der Waals surface area contributed by atoms with E-state index < -0.39 is 0 Å². The second-order valence-corrected chi connectivity index (χ2v) is 4.27. The Kier molecular flexibility index (Phi) is 3.82. The second kappa shape index (κ2) is 5.54. The van der Waals surface area contributed by atoms with Gasteiger partial charge in [0, 0.05) is 12.2 Å². The highest BCUT2D eigenvalue weighted by Crippen LogP contribution is 2.18. The van der Waals surface area contributed by atoms with E-state index in [4.69, 9.17) is 4.42 Å². The SMILES string of the molecule is CCN(Cc1ccc(C=O)o1)c1ccc(C)cc1. The molecule has 1 aromatic heterocycles. The van der Waals surface area contributed by atoms with Gasteiger partial charge in [0.25, 0.3) is 0 Å². The number of aryl methyl sites for hydroxylation is 1. The van der Waals surface area contributed by atoms with Crippen LogP contribution in [0.4, 0.5) is 5.69 Å². The van der Waals surface area contributed by atoms with Gasteiger partial charge in [0.15, 0.2) is 12.0 Å². The number of furan rings is 1. The molecular weight excluding hydrogens is 226 g/mol. The first kappa shape index (κ1) is 12.4. The van der Waals surface area contributed by atoms with E-state index >= 15 is 0 Å². The zero-order valence-electron chi connectivity index (χ0n) is 10.7. The minimum Gasteiger partial charge on any atom is -0.456 e. The molecular formula is C15H17NO2. The van der Waals surface area contributed by atoms with Crippen molar-refractivity contribution in [3.8, 4) is 0 Å². The van der Waals surface area contributed by atoms with Gasteiger partial charge in [-0.1, -0.05) is 17.7 Å². The van der Waals surface area contributed by atoms with E-state index in [0.29, 0.717) is 12.3 Å².